The first-order valence-corrected chi connectivity index (χ1v) is 12.8. The Morgan fingerprint density at radius 2 is 1.11 bits per heavy atom. The molecule has 0 unspecified atom stereocenters. The summed E-state index contributed by atoms with van der Waals surface area (Å²) < 4.78 is 12.0. The Labute approximate surface area is 228 Å². The second-order valence-electron chi connectivity index (χ2n) is 8.84. The molecule has 0 aliphatic heterocycles. The maximum Gasteiger partial charge on any atom is 0.185 e. The molecule has 1 fully saturated rings. The molecular formula is C29H20Cl4O3. The molecule has 1 saturated carbocycles. The fourth-order valence-electron chi connectivity index (χ4n) is 4.28. The molecule has 2 aromatic heterocycles. The van der Waals surface area contributed by atoms with Gasteiger partial charge in [0, 0.05) is 22.3 Å². The van der Waals surface area contributed by atoms with Crippen LogP contribution in [0.5, 0.6) is 0 Å². The van der Waals surface area contributed by atoms with Crippen molar-refractivity contribution in [3.8, 4) is 22.6 Å². The number of halogens is 4. The summed E-state index contributed by atoms with van der Waals surface area (Å²) in [7, 11) is 0. The van der Waals surface area contributed by atoms with E-state index in [-0.39, 0.29) is 5.78 Å². The molecule has 5 rings (SSSR count). The smallest absolute Gasteiger partial charge is 0.185 e. The minimum Gasteiger partial charge on any atom is -0.457 e. The van der Waals surface area contributed by atoms with Crippen molar-refractivity contribution in [3.05, 3.63) is 103 Å². The highest BCUT2D eigenvalue weighted by Crippen LogP contribution is 2.35. The topological polar surface area (TPSA) is 43.4 Å². The minimum atomic E-state index is -0.00641. The van der Waals surface area contributed by atoms with E-state index in [1.54, 1.807) is 24.3 Å². The van der Waals surface area contributed by atoms with Crippen LogP contribution in [0, 0.1) is 5.92 Å². The maximum absolute atomic E-state index is 13.3. The van der Waals surface area contributed by atoms with Gasteiger partial charge in [0.15, 0.2) is 5.78 Å². The third kappa shape index (κ3) is 5.35. The van der Waals surface area contributed by atoms with E-state index >= 15 is 0 Å². The number of hydrogen-bond donors (Lipinski definition) is 0. The SMILES string of the molecule is CC1CC(=Cc2ccc(-c3ccc(Cl)c(Cl)c3)o2)C(=O)C(=Cc2ccc(-c3ccc(Cl)c(Cl)c3)o2)C1. The number of ketones is 1. The van der Waals surface area contributed by atoms with Crippen LogP contribution < -0.4 is 0 Å². The molecule has 1 aliphatic rings. The summed E-state index contributed by atoms with van der Waals surface area (Å²) in [6.07, 6.45) is 4.98. The normalized spacial score (nSPS) is 18.4. The van der Waals surface area contributed by atoms with Gasteiger partial charge in [-0.2, -0.15) is 0 Å². The van der Waals surface area contributed by atoms with Crippen molar-refractivity contribution < 1.29 is 13.6 Å². The Hall–Kier alpha value is -2.69. The Kier molecular flexibility index (Phi) is 7.18. The van der Waals surface area contributed by atoms with E-state index in [4.69, 9.17) is 55.2 Å². The quantitative estimate of drug-likeness (QED) is 0.234. The first-order chi connectivity index (χ1) is 17.3. The molecule has 0 spiro atoms. The van der Waals surface area contributed by atoms with Gasteiger partial charge in [-0.3, -0.25) is 4.79 Å². The number of carbonyl (C=O) groups is 1. The van der Waals surface area contributed by atoms with E-state index in [0.29, 0.717) is 73.0 Å². The molecule has 1 aliphatic carbocycles. The van der Waals surface area contributed by atoms with Crippen molar-refractivity contribution in [3.63, 3.8) is 0 Å². The monoisotopic (exact) mass is 556 g/mol. The second-order valence-corrected chi connectivity index (χ2v) is 10.5. The molecule has 0 amide bonds. The van der Waals surface area contributed by atoms with Crippen LogP contribution in [0.15, 0.2) is 80.6 Å². The van der Waals surface area contributed by atoms with Crippen LogP contribution in [0.4, 0.5) is 0 Å². The molecule has 0 bridgehead atoms. The average Bonchev–Trinajstić information content (AvgIpc) is 3.50. The molecule has 0 saturated heterocycles. The predicted octanol–water partition coefficient (Wildman–Crippen LogP) is 10.3. The van der Waals surface area contributed by atoms with Crippen molar-refractivity contribution in [2.45, 2.75) is 19.8 Å². The zero-order chi connectivity index (χ0) is 25.4. The minimum absolute atomic E-state index is 0.00641. The zero-order valence-corrected chi connectivity index (χ0v) is 22.2. The van der Waals surface area contributed by atoms with Gasteiger partial charge in [-0.15, -0.1) is 0 Å². The average molecular weight is 558 g/mol. The highest BCUT2D eigenvalue weighted by molar-refractivity contribution is 6.42. The molecule has 2 heterocycles. The van der Waals surface area contributed by atoms with Gasteiger partial charge in [0.1, 0.15) is 23.0 Å². The van der Waals surface area contributed by atoms with E-state index in [2.05, 4.69) is 6.92 Å². The number of carbonyl (C=O) groups excluding carboxylic acids is 1. The largest absolute Gasteiger partial charge is 0.457 e. The van der Waals surface area contributed by atoms with E-state index in [1.165, 1.54) is 0 Å². The van der Waals surface area contributed by atoms with Gasteiger partial charge >= 0.3 is 0 Å². The van der Waals surface area contributed by atoms with Crippen LogP contribution in [-0.2, 0) is 4.79 Å². The van der Waals surface area contributed by atoms with Crippen LogP contribution in [-0.4, -0.2) is 5.78 Å². The highest BCUT2D eigenvalue weighted by Gasteiger charge is 2.26. The number of allylic oxidation sites excluding steroid dienone is 2. The van der Waals surface area contributed by atoms with E-state index in [1.807, 2.05) is 48.6 Å². The van der Waals surface area contributed by atoms with Crippen LogP contribution in [0.2, 0.25) is 20.1 Å². The van der Waals surface area contributed by atoms with Crippen molar-refractivity contribution in [1.29, 1.82) is 0 Å². The highest BCUT2D eigenvalue weighted by atomic mass is 35.5. The Bertz CT molecular complexity index is 1410. The fraction of sp³-hybridized carbons (Fsp3) is 0.138. The third-order valence-corrected chi connectivity index (χ3v) is 7.49. The second kappa shape index (κ2) is 10.4. The van der Waals surface area contributed by atoms with Gasteiger partial charge in [0.25, 0.3) is 0 Å². The van der Waals surface area contributed by atoms with E-state index in [0.717, 1.165) is 11.1 Å². The standard InChI is InChI=1S/C29H20Cl4O3/c1-16-10-19(12-21-4-8-27(35-21)17-2-6-23(30)25(32)14-17)29(34)20(11-16)13-22-5-9-28(36-22)18-3-7-24(31)26(33)15-18/h2-9,12-16H,10-11H2,1H3. The van der Waals surface area contributed by atoms with Gasteiger partial charge in [0.2, 0.25) is 0 Å². The lowest BCUT2D eigenvalue weighted by Crippen LogP contribution is -2.18. The number of benzene rings is 2. The van der Waals surface area contributed by atoms with Gasteiger partial charge in [0.05, 0.1) is 20.1 Å². The summed E-state index contributed by atoms with van der Waals surface area (Å²) in [4.78, 5) is 13.3. The number of rotatable bonds is 4. The van der Waals surface area contributed by atoms with Crippen molar-refractivity contribution in [2.75, 3.05) is 0 Å². The lowest BCUT2D eigenvalue weighted by molar-refractivity contribution is -0.113. The Balaban J connectivity index is 1.39. The van der Waals surface area contributed by atoms with Crippen LogP contribution in [0.1, 0.15) is 31.3 Å². The molecule has 2 aromatic carbocycles. The first-order valence-electron chi connectivity index (χ1n) is 11.3. The van der Waals surface area contributed by atoms with Gasteiger partial charge < -0.3 is 8.83 Å². The van der Waals surface area contributed by atoms with E-state index < -0.39 is 0 Å². The summed E-state index contributed by atoms with van der Waals surface area (Å²) in [6.45, 7) is 2.13. The summed E-state index contributed by atoms with van der Waals surface area (Å²) in [6, 6.07) is 18.0. The van der Waals surface area contributed by atoms with Crippen LogP contribution >= 0.6 is 46.4 Å². The Morgan fingerprint density at radius 3 is 1.53 bits per heavy atom. The molecule has 7 heteroatoms. The molecule has 0 N–H and O–H groups in total. The third-order valence-electron chi connectivity index (χ3n) is 6.01. The van der Waals surface area contributed by atoms with Gasteiger partial charge in [-0.25, -0.2) is 0 Å². The fourth-order valence-corrected chi connectivity index (χ4v) is 4.87. The van der Waals surface area contributed by atoms with Gasteiger partial charge in [-0.1, -0.05) is 53.3 Å². The summed E-state index contributed by atoms with van der Waals surface area (Å²) >= 11 is 24.3. The molecule has 0 atom stereocenters. The molecule has 182 valence electrons. The van der Waals surface area contributed by atoms with Gasteiger partial charge in [-0.05, 0) is 91.6 Å². The van der Waals surface area contributed by atoms with Crippen molar-refractivity contribution in [1.82, 2.24) is 0 Å². The maximum atomic E-state index is 13.3. The number of Topliss-reactive ketones (excluding diaryl/α,β-unsaturated/α-hetero) is 1. The first kappa shape index (κ1) is 25.0. The lowest BCUT2D eigenvalue weighted by Gasteiger charge is -2.22. The predicted molar refractivity (Wildman–Crippen MR) is 148 cm³/mol. The number of furan rings is 2. The zero-order valence-electron chi connectivity index (χ0n) is 19.2. The summed E-state index contributed by atoms with van der Waals surface area (Å²) in [5, 5.41) is 1.88. The van der Waals surface area contributed by atoms with Crippen molar-refractivity contribution >= 4 is 64.3 Å². The van der Waals surface area contributed by atoms with Crippen LogP contribution in [0.3, 0.4) is 0 Å². The summed E-state index contributed by atoms with van der Waals surface area (Å²) in [5.41, 5.74) is 3.03. The number of hydrogen-bond acceptors (Lipinski definition) is 3. The lowest BCUT2D eigenvalue weighted by atomic mass is 9.81. The van der Waals surface area contributed by atoms with Crippen molar-refractivity contribution in [2.24, 2.45) is 5.92 Å². The van der Waals surface area contributed by atoms with Crippen LogP contribution in [0.25, 0.3) is 34.8 Å². The molecule has 3 nitrogen and oxygen atoms in total. The molecule has 36 heavy (non-hydrogen) atoms. The molecule has 0 radical (unpaired) electrons. The molecule has 4 aromatic rings. The summed E-state index contributed by atoms with van der Waals surface area (Å²) in [5.74, 6) is 2.80. The van der Waals surface area contributed by atoms with E-state index in [9.17, 15) is 4.79 Å². The molecular weight excluding hydrogens is 538 g/mol. The Morgan fingerprint density at radius 1 is 0.667 bits per heavy atom.